The van der Waals surface area contributed by atoms with Crippen LogP contribution in [0.25, 0.3) is 0 Å². The largest absolute Gasteiger partial charge is 0.483 e. The summed E-state index contributed by atoms with van der Waals surface area (Å²) >= 11 is 0. The number of para-hydroxylation sites is 1. The highest BCUT2D eigenvalue weighted by molar-refractivity contribution is 5.97. The number of aryl methyl sites for hydroxylation is 1. The Hall–Kier alpha value is -2.90. The van der Waals surface area contributed by atoms with E-state index in [1.165, 1.54) is 0 Å². The van der Waals surface area contributed by atoms with Crippen molar-refractivity contribution in [3.63, 3.8) is 0 Å². The minimum atomic E-state index is -0.610. The van der Waals surface area contributed by atoms with Crippen molar-refractivity contribution in [3.05, 3.63) is 41.5 Å². The zero-order chi connectivity index (χ0) is 16.8. The normalized spacial score (nSPS) is 11.7. The van der Waals surface area contributed by atoms with Gasteiger partial charge in [-0.05, 0) is 19.1 Å². The van der Waals surface area contributed by atoms with Gasteiger partial charge in [0.15, 0.2) is 12.4 Å². The zero-order valence-electron chi connectivity index (χ0n) is 13.0. The molecule has 0 aliphatic rings. The summed E-state index contributed by atoms with van der Waals surface area (Å²) < 4.78 is 5.26. The number of aromatic amines is 1. The fourth-order valence-electron chi connectivity index (χ4n) is 1.93. The number of H-pyrrole nitrogens is 1. The number of nitrogens with zero attached hydrogens (tertiary/aromatic N) is 2. The molecule has 0 saturated heterocycles. The molecule has 8 nitrogen and oxygen atoms in total. The lowest BCUT2D eigenvalue weighted by Crippen LogP contribution is -2.28. The average molecular weight is 317 g/mol. The molecule has 1 heterocycles. The molecule has 1 unspecified atom stereocenters. The van der Waals surface area contributed by atoms with Crippen molar-refractivity contribution in [2.75, 3.05) is 6.61 Å². The number of benzene rings is 1. The summed E-state index contributed by atoms with van der Waals surface area (Å²) in [4.78, 5) is 27.5. The van der Waals surface area contributed by atoms with Crippen molar-refractivity contribution in [1.82, 2.24) is 20.5 Å². The molecule has 0 aliphatic carbocycles. The molecule has 1 aromatic carbocycles. The molecule has 2 rings (SSSR count). The van der Waals surface area contributed by atoms with Crippen molar-refractivity contribution >= 4 is 11.8 Å². The number of hydrogen-bond donors (Lipinski definition) is 3. The molecule has 0 spiro atoms. The van der Waals surface area contributed by atoms with E-state index < -0.39 is 5.91 Å². The Bertz CT molecular complexity index is 698. The molecule has 0 radical (unpaired) electrons. The summed E-state index contributed by atoms with van der Waals surface area (Å²) in [5.41, 5.74) is 5.37. The van der Waals surface area contributed by atoms with Crippen LogP contribution in [0, 0.1) is 0 Å². The zero-order valence-corrected chi connectivity index (χ0v) is 13.0. The van der Waals surface area contributed by atoms with Crippen molar-refractivity contribution in [2.45, 2.75) is 26.3 Å². The highest BCUT2D eigenvalue weighted by Gasteiger charge is 2.18. The summed E-state index contributed by atoms with van der Waals surface area (Å²) in [6.07, 6.45) is 0.734. The number of hydrogen-bond acceptors (Lipinski definition) is 5. The van der Waals surface area contributed by atoms with Gasteiger partial charge in [0, 0.05) is 6.42 Å². The summed E-state index contributed by atoms with van der Waals surface area (Å²) in [7, 11) is 0. The fourth-order valence-corrected chi connectivity index (χ4v) is 1.93. The highest BCUT2D eigenvalue weighted by Crippen LogP contribution is 2.19. The smallest absolute Gasteiger partial charge is 0.255 e. The third kappa shape index (κ3) is 4.29. The molecule has 0 bridgehead atoms. The molecular weight excluding hydrogens is 298 g/mol. The second-order valence-corrected chi connectivity index (χ2v) is 4.94. The standard InChI is InChI=1S/C15H19N5O3/c1-3-13-18-14(20-19-13)9(2)17-15(22)10-6-4-5-7-11(10)23-8-12(16)21/h4-7,9H,3,8H2,1-2H3,(H2,16,21)(H,17,22)(H,18,19,20). The van der Waals surface area contributed by atoms with Gasteiger partial charge in [-0.15, -0.1) is 0 Å². The Labute approximate surface area is 133 Å². The van der Waals surface area contributed by atoms with Crippen LogP contribution in [-0.4, -0.2) is 33.6 Å². The molecular formula is C15H19N5O3. The van der Waals surface area contributed by atoms with E-state index in [2.05, 4.69) is 20.5 Å². The molecule has 1 atom stereocenters. The van der Waals surface area contributed by atoms with Crippen molar-refractivity contribution in [1.29, 1.82) is 0 Å². The third-order valence-electron chi connectivity index (χ3n) is 3.12. The van der Waals surface area contributed by atoms with Gasteiger partial charge in [-0.25, -0.2) is 4.98 Å². The first-order chi connectivity index (χ1) is 11.0. The van der Waals surface area contributed by atoms with E-state index in [-0.39, 0.29) is 18.6 Å². The van der Waals surface area contributed by atoms with E-state index >= 15 is 0 Å². The SMILES string of the molecule is CCc1nc(C(C)NC(=O)c2ccccc2OCC(N)=O)n[nH]1. The van der Waals surface area contributed by atoms with Gasteiger partial charge < -0.3 is 15.8 Å². The van der Waals surface area contributed by atoms with E-state index in [0.717, 1.165) is 12.2 Å². The predicted molar refractivity (Wildman–Crippen MR) is 82.8 cm³/mol. The summed E-state index contributed by atoms with van der Waals surface area (Å²) in [6, 6.07) is 6.25. The average Bonchev–Trinajstić information content (AvgIpc) is 3.02. The molecule has 23 heavy (non-hydrogen) atoms. The molecule has 0 aliphatic heterocycles. The van der Waals surface area contributed by atoms with Crippen molar-refractivity contribution < 1.29 is 14.3 Å². The lowest BCUT2D eigenvalue weighted by Gasteiger charge is -2.13. The molecule has 2 amide bonds. The third-order valence-corrected chi connectivity index (χ3v) is 3.12. The number of nitrogens with one attached hydrogen (secondary N) is 2. The maximum Gasteiger partial charge on any atom is 0.255 e. The predicted octanol–water partition coefficient (Wildman–Crippen LogP) is 0.722. The minimum absolute atomic E-state index is 0.291. The molecule has 0 saturated carbocycles. The van der Waals surface area contributed by atoms with Gasteiger partial charge in [-0.1, -0.05) is 19.1 Å². The van der Waals surface area contributed by atoms with Crippen LogP contribution >= 0.6 is 0 Å². The van der Waals surface area contributed by atoms with Gasteiger partial charge in [0.2, 0.25) is 0 Å². The van der Waals surface area contributed by atoms with Crippen LogP contribution in [0.1, 0.15) is 41.9 Å². The Kier molecular flexibility index (Phi) is 5.29. The van der Waals surface area contributed by atoms with Crippen LogP contribution in [0.2, 0.25) is 0 Å². The highest BCUT2D eigenvalue weighted by atomic mass is 16.5. The maximum atomic E-state index is 12.4. The number of rotatable bonds is 7. The van der Waals surface area contributed by atoms with Crippen molar-refractivity contribution in [3.8, 4) is 5.75 Å². The lowest BCUT2D eigenvalue weighted by atomic mass is 10.1. The number of ether oxygens (including phenoxy) is 1. The number of primary amides is 1. The number of carbonyl (C=O) groups excluding carboxylic acids is 2. The summed E-state index contributed by atoms with van der Waals surface area (Å²) in [5, 5.41) is 9.68. The minimum Gasteiger partial charge on any atom is -0.483 e. The quantitative estimate of drug-likeness (QED) is 0.694. The Morgan fingerprint density at radius 3 is 2.78 bits per heavy atom. The summed E-state index contributed by atoms with van der Waals surface area (Å²) in [5.74, 6) is 0.596. The maximum absolute atomic E-state index is 12.4. The number of amides is 2. The molecule has 0 fully saturated rings. The van der Waals surface area contributed by atoms with Gasteiger partial charge in [0.25, 0.3) is 11.8 Å². The lowest BCUT2D eigenvalue weighted by molar-refractivity contribution is -0.119. The first-order valence-corrected chi connectivity index (χ1v) is 7.23. The van der Waals surface area contributed by atoms with E-state index in [4.69, 9.17) is 10.5 Å². The van der Waals surface area contributed by atoms with Gasteiger partial charge >= 0.3 is 0 Å². The van der Waals surface area contributed by atoms with Crippen LogP contribution in [0.5, 0.6) is 5.75 Å². The van der Waals surface area contributed by atoms with Crippen LogP contribution in [0.15, 0.2) is 24.3 Å². The van der Waals surface area contributed by atoms with Gasteiger partial charge in [0.1, 0.15) is 11.6 Å². The van der Waals surface area contributed by atoms with Gasteiger partial charge in [-0.2, -0.15) is 5.10 Å². The van der Waals surface area contributed by atoms with Gasteiger partial charge in [0.05, 0.1) is 11.6 Å². The molecule has 2 aromatic rings. The molecule has 8 heteroatoms. The first kappa shape index (κ1) is 16.5. The van der Waals surface area contributed by atoms with Crippen LogP contribution in [0.3, 0.4) is 0 Å². The number of aromatic nitrogens is 3. The second-order valence-electron chi connectivity index (χ2n) is 4.94. The number of nitrogens with two attached hydrogens (primary N) is 1. The van der Waals surface area contributed by atoms with E-state index in [1.54, 1.807) is 31.2 Å². The van der Waals surface area contributed by atoms with E-state index in [0.29, 0.717) is 17.1 Å². The van der Waals surface area contributed by atoms with Crippen molar-refractivity contribution in [2.24, 2.45) is 5.73 Å². The molecule has 4 N–H and O–H groups in total. The first-order valence-electron chi connectivity index (χ1n) is 7.23. The molecule has 122 valence electrons. The van der Waals surface area contributed by atoms with Crippen LogP contribution in [0.4, 0.5) is 0 Å². The second kappa shape index (κ2) is 7.39. The Morgan fingerprint density at radius 1 is 1.39 bits per heavy atom. The van der Waals surface area contributed by atoms with Crippen LogP contribution in [-0.2, 0) is 11.2 Å². The number of carbonyl (C=O) groups is 2. The fraction of sp³-hybridized carbons (Fsp3) is 0.333. The van der Waals surface area contributed by atoms with E-state index in [9.17, 15) is 9.59 Å². The van der Waals surface area contributed by atoms with Gasteiger partial charge in [-0.3, -0.25) is 14.7 Å². The summed E-state index contributed by atoms with van der Waals surface area (Å²) in [6.45, 7) is 3.45. The monoisotopic (exact) mass is 317 g/mol. The Morgan fingerprint density at radius 2 is 2.13 bits per heavy atom. The van der Waals surface area contributed by atoms with Crippen LogP contribution < -0.4 is 15.8 Å². The van der Waals surface area contributed by atoms with E-state index in [1.807, 2.05) is 6.92 Å². The molecule has 1 aromatic heterocycles. The topological polar surface area (TPSA) is 123 Å². The Balaban J connectivity index is 2.09.